The van der Waals surface area contributed by atoms with Gasteiger partial charge in [-0.25, -0.2) is 0 Å². The maximum absolute atomic E-state index is 10.8. The number of benzene rings is 1. The Bertz CT molecular complexity index is 609. The number of hydrogen-bond acceptors (Lipinski definition) is 4. The van der Waals surface area contributed by atoms with E-state index in [2.05, 4.69) is 26.1 Å². The molecule has 6 nitrogen and oxygen atoms in total. The Morgan fingerprint density at radius 2 is 2.17 bits per heavy atom. The molecule has 94 valence electrons. The van der Waals surface area contributed by atoms with Gasteiger partial charge in [-0.05, 0) is 19.1 Å². The van der Waals surface area contributed by atoms with Crippen molar-refractivity contribution in [3.8, 4) is 11.4 Å². The molecule has 1 aromatic heterocycles. The van der Waals surface area contributed by atoms with Gasteiger partial charge in [0.15, 0.2) is 5.82 Å². The van der Waals surface area contributed by atoms with Crippen LogP contribution in [0.15, 0.2) is 18.2 Å². The molecule has 0 unspecified atom stereocenters. The summed E-state index contributed by atoms with van der Waals surface area (Å²) < 4.78 is 1.86. The van der Waals surface area contributed by atoms with Crippen LogP contribution >= 0.6 is 15.9 Å². The van der Waals surface area contributed by atoms with Gasteiger partial charge in [0.1, 0.15) is 5.82 Å². The van der Waals surface area contributed by atoms with E-state index in [0.717, 1.165) is 11.4 Å². The van der Waals surface area contributed by atoms with Gasteiger partial charge in [0.05, 0.1) is 10.3 Å². The fourth-order valence-corrected chi connectivity index (χ4v) is 2.22. The zero-order valence-electron chi connectivity index (χ0n) is 9.92. The first-order chi connectivity index (χ1) is 8.54. The molecule has 0 amide bonds. The molecule has 0 N–H and O–H groups in total. The molecule has 0 saturated carbocycles. The minimum absolute atomic E-state index is 0.113. The van der Waals surface area contributed by atoms with Gasteiger partial charge < -0.3 is 4.57 Å². The Morgan fingerprint density at radius 1 is 1.44 bits per heavy atom. The van der Waals surface area contributed by atoms with Crippen LogP contribution in [0.2, 0.25) is 0 Å². The standard InChI is InChI=1S/C11H11BrN4O2/c1-7-5-8(3-4-9(7)16(17)18)11-14-13-10(6-12)15(11)2/h3-5H,6H2,1-2H3. The third kappa shape index (κ3) is 2.13. The van der Waals surface area contributed by atoms with Crippen LogP contribution in [0.25, 0.3) is 11.4 Å². The van der Waals surface area contributed by atoms with Crippen molar-refractivity contribution < 1.29 is 4.92 Å². The third-order valence-corrected chi connectivity index (χ3v) is 3.24. The zero-order chi connectivity index (χ0) is 13.3. The lowest BCUT2D eigenvalue weighted by Gasteiger charge is -2.04. The average Bonchev–Trinajstić information content (AvgIpc) is 2.69. The highest BCUT2D eigenvalue weighted by Crippen LogP contribution is 2.25. The highest BCUT2D eigenvalue weighted by atomic mass is 79.9. The molecule has 0 aliphatic carbocycles. The number of halogens is 1. The Labute approximate surface area is 112 Å². The number of rotatable bonds is 3. The second-order valence-electron chi connectivity index (χ2n) is 3.89. The molecular weight excluding hydrogens is 300 g/mol. The van der Waals surface area contributed by atoms with Crippen LogP contribution in [0, 0.1) is 17.0 Å². The number of nitro benzene ring substituents is 1. The second kappa shape index (κ2) is 4.85. The summed E-state index contributed by atoms with van der Waals surface area (Å²) in [5, 5.41) is 19.5. The van der Waals surface area contributed by atoms with Gasteiger partial charge in [-0.15, -0.1) is 10.2 Å². The van der Waals surface area contributed by atoms with E-state index in [1.165, 1.54) is 6.07 Å². The Hall–Kier alpha value is -1.76. The quantitative estimate of drug-likeness (QED) is 0.496. The van der Waals surface area contributed by atoms with Gasteiger partial charge in [-0.3, -0.25) is 10.1 Å². The summed E-state index contributed by atoms with van der Waals surface area (Å²) in [5.74, 6) is 1.50. The van der Waals surface area contributed by atoms with Crippen molar-refractivity contribution in [2.24, 2.45) is 7.05 Å². The fraction of sp³-hybridized carbons (Fsp3) is 0.273. The second-order valence-corrected chi connectivity index (χ2v) is 4.45. The topological polar surface area (TPSA) is 73.8 Å². The molecule has 0 aliphatic heterocycles. The van der Waals surface area contributed by atoms with E-state index < -0.39 is 0 Å². The molecule has 0 bridgehead atoms. The predicted octanol–water partition coefficient (Wildman–Crippen LogP) is 2.59. The van der Waals surface area contributed by atoms with Crippen LogP contribution in [0.1, 0.15) is 11.4 Å². The largest absolute Gasteiger partial charge is 0.313 e. The van der Waals surface area contributed by atoms with Crippen LogP contribution in [0.3, 0.4) is 0 Å². The molecule has 0 spiro atoms. The molecule has 1 aromatic carbocycles. The number of aromatic nitrogens is 3. The Kier molecular flexibility index (Phi) is 3.42. The van der Waals surface area contributed by atoms with E-state index in [1.807, 2.05) is 11.6 Å². The summed E-state index contributed by atoms with van der Waals surface area (Å²) in [6.07, 6.45) is 0. The Morgan fingerprint density at radius 3 is 2.67 bits per heavy atom. The summed E-state index contributed by atoms with van der Waals surface area (Å²) in [5.41, 5.74) is 1.54. The Balaban J connectivity index is 2.49. The summed E-state index contributed by atoms with van der Waals surface area (Å²) in [6.45, 7) is 1.71. The van der Waals surface area contributed by atoms with E-state index in [0.29, 0.717) is 16.7 Å². The van der Waals surface area contributed by atoms with E-state index in [-0.39, 0.29) is 10.6 Å². The molecule has 2 rings (SSSR count). The highest BCUT2D eigenvalue weighted by Gasteiger charge is 2.14. The van der Waals surface area contributed by atoms with E-state index >= 15 is 0 Å². The minimum atomic E-state index is -0.389. The van der Waals surface area contributed by atoms with Gasteiger partial charge in [-0.2, -0.15) is 0 Å². The summed E-state index contributed by atoms with van der Waals surface area (Å²) >= 11 is 3.33. The maximum atomic E-state index is 10.8. The van der Waals surface area contributed by atoms with E-state index in [4.69, 9.17) is 0 Å². The van der Waals surface area contributed by atoms with E-state index in [1.54, 1.807) is 19.1 Å². The number of nitro groups is 1. The fourth-order valence-electron chi connectivity index (χ4n) is 1.73. The van der Waals surface area contributed by atoms with Crippen LogP contribution in [-0.4, -0.2) is 19.7 Å². The van der Waals surface area contributed by atoms with Crippen molar-refractivity contribution in [3.63, 3.8) is 0 Å². The average molecular weight is 311 g/mol. The number of nitrogens with zero attached hydrogens (tertiary/aromatic N) is 4. The molecule has 0 aliphatic rings. The summed E-state index contributed by atoms with van der Waals surface area (Å²) in [6, 6.07) is 4.93. The molecule has 0 saturated heterocycles. The first kappa shape index (κ1) is 12.7. The van der Waals surface area contributed by atoms with Gasteiger partial charge in [0.25, 0.3) is 5.69 Å². The van der Waals surface area contributed by atoms with E-state index in [9.17, 15) is 10.1 Å². The third-order valence-electron chi connectivity index (χ3n) is 2.74. The first-order valence-corrected chi connectivity index (χ1v) is 6.36. The molecule has 18 heavy (non-hydrogen) atoms. The molecule has 1 heterocycles. The van der Waals surface area contributed by atoms with Crippen LogP contribution in [0.4, 0.5) is 5.69 Å². The molecular formula is C11H11BrN4O2. The lowest BCUT2D eigenvalue weighted by Crippen LogP contribution is -1.98. The summed E-state index contributed by atoms with van der Waals surface area (Å²) in [4.78, 5) is 10.4. The van der Waals surface area contributed by atoms with Gasteiger partial charge >= 0.3 is 0 Å². The highest BCUT2D eigenvalue weighted by molar-refractivity contribution is 9.08. The molecule has 0 fully saturated rings. The lowest BCUT2D eigenvalue weighted by molar-refractivity contribution is -0.385. The number of alkyl halides is 1. The van der Waals surface area contributed by atoms with Gasteiger partial charge in [0, 0.05) is 24.2 Å². The van der Waals surface area contributed by atoms with Crippen molar-refractivity contribution in [1.82, 2.24) is 14.8 Å². The number of hydrogen-bond donors (Lipinski definition) is 0. The number of aryl methyl sites for hydroxylation is 1. The minimum Gasteiger partial charge on any atom is -0.313 e. The van der Waals surface area contributed by atoms with Crippen molar-refractivity contribution in [3.05, 3.63) is 39.7 Å². The smallest absolute Gasteiger partial charge is 0.272 e. The molecule has 0 radical (unpaired) electrons. The van der Waals surface area contributed by atoms with Crippen molar-refractivity contribution in [2.45, 2.75) is 12.3 Å². The molecule has 2 aromatic rings. The molecule has 0 atom stereocenters. The first-order valence-electron chi connectivity index (χ1n) is 5.24. The summed E-state index contributed by atoms with van der Waals surface area (Å²) in [7, 11) is 1.86. The van der Waals surface area contributed by atoms with Crippen molar-refractivity contribution in [1.29, 1.82) is 0 Å². The van der Waals surface area contributed by atoms with Crippen LogP contribution in [-0.2, 0) is 12.4 Å². The monoisotopic (exact) mass is 310 g/mol. The van der Waals surface area contributed by atoms with Crippen LogP contribution in [0.5, 0.6) is 0 Å². The zero-order valence-corrected chi connectivity index (χ0v) is 11.5. The molecule has 7 heteroatoms. The van der Waals surface area contributed by atoms with Crippen molar-refractivity contribution in [2.75, 3.05) is 0 Å². The SMILES string of the molecule is Cc1cc(-c2nnc(CBr)n2C)ccc1[N+](=O)[O-]. The van der Waals surface area contributed by atoms with Gasteiger partial charge in [-0.1, -0.05) is 15.9 Å². The predicted molar refractivity (Wildman–Crippen MR) is 70.5 cm³/mol. The maximum Gasteiger partial charge on any atom is 0.272 e. The lowest BCUT2D eigenvalue weighted by atomic mass is 10.1. The normalized spacial score (nSPS) is 10.6. The van der Waals surface area contributed by atoms with Crippen LogP contribution < -0.4 is 0 Å². The van der Waals surface area contributed by atoms with Crippen molar-refractivity contribution >= 4 is 21.6 Å². The van der Waals surface area contributed by atoms with Gasteiger partial charge in [0.2, 0.25) is 0 Å².